The van der Waals surface area contributed by atoms with Crippen molar-refractivity contribution in [2.45, 2.75) is 17.2 Å². The van der Waals surface area contributed by atoms with Crippen LogP contribution in [0.1, 0.15) is 28.2 Å². The van der Waals surface area contributed by atoms with Crippen molar-refractivity contribution in [3.8, 4) is 0 Å². The van der Waals surface area contributed by atoms with Gasteiger partial charge in [-0.05, 0) is 47.2 Å². The average molecular weight is 521 g/mol. The van der Waals surface area contributed by atoms with Gasteiger partial charge in [-0.15, -0.1) is 0 Å². The maximum Gasteiger partial charge on any atom is 0.170 e. The van der Waals surface area contributed by atoms with E-state index in [1.54, 1.807) is 42.5 Å². The minimum Gasteiger partial charge on any atom is -0.369 e. The number of likely N-dealkylation sites (N-methyl/N-ethyl adjacent to an activating group) is 1. The Balaban J connectivity index is 1.48. The van der Waals surface area contributed by atoms with E-state index in [-0.39, 0.29) is 24.7 Å². The smallest absolute Gasteiger partial charge is 0.170 e. The molecule has 4 aromatic rings. The number of carbonyl (C=O) groups excluding carboxylic acids is 1. The quantitative estimate of drug-likeness (QED) is 0.371. The maximum absolute atomic E-state index is 15.5. The second-order valence-electron chi connectivity index (χ2n) is 11.4. The van der Waals surface area contributed by atoms with Crippen molar-refractivity contribution < 1.29 is 18.7 Å². The molecule has 8 rings (SSSR count). The van der Waals surface area contributed by atoms with Gasteiger partial charge in [0.15, 0.2) is 11.5 Å². The number of hydrogen-bond acceptors (Lipinski definition) is 4. The lowest BCUT2D eigenvalue weighted by Crippen LogP contribution is -2.60. The Morgan fingerprint density at radius 1 is 0.897 bits per heavy atom. The van der Waals surface area contributed by atoms with E-state index in [9.17, 15) is 9.50 Å². The van der Waals surface area contributed by atoms with Gasteiger partial charge in [-0.1, -0.05) is 72.8 Å². The van der Waals surface area contributed by atoms with Crippen molar-refractivity contribution in [2.75, 3.05) is 26.7 Å². The highest BCUT2D eigenvalue weighted by atomic mass is 19.1. The molecule has 4 aromatic carbocycles. The van der Waals surface area contributed by atoms with Crippen LogP contribution in [0.4, 0.5) is 8.78 Å². The zero-order valence-corrected chi connectivity index (χ0v) is 21.4. The highest BCUT2D eigenvalue weighted by Gasteiger charge is 2.85. The standard InChI is InChI=1S/C33H26F2N2O2/c1-36-18-26(23-11-3-5-15-28(23)35)31-19-37(17-22(30(31)38)16-21-8-2-4-14-27(21)34)33(39)25-13-7-10-20-9-6-12-24(29(20)25)32(31,33)36/h2-16,26,39H,17-19H2,1H3/b22-16+/t26-,31+,32-,33-/m1/s1. The lowest BCUT2D eigenvalue weighted by molar-refractivity contribution is -0.168. The van der Waals surface area contributed by atoms with Crippen molar-refractivity contribution in [3.05, 3.63) is 124 Å². The number of hydrogen-bond donors (Lipinski definition) is 1. The number of rotatable bonds is 2. The van der Waals surface area contributed by atoms with Crippen LogP contribution in [0.3, 0.4) is 0 Å². The summed E-state index contributed by atoms with van der Waals surface area (Å²) in [6.07, 6.45) is 1.62. The second kappa shape index (κ2) is 7.48. The first-order chi connectivity index (χ1) is 18.9. The SMILES string of the molecule is CN1C[C@H](c2ccccc2F)[C@@]23CN(C/C(=C\c4ccccc4F)C2=O)[C@@]2(O)c4cccc5cccc(c45)[C@@]132. The Hall–Kier alpha value is -3.71. The first-order valence-corrected chi connectivity index (χ1v) is 13.3. The van der Waals surface area contributed by atoms with Crippen molar-refractivity contribution >= 4 is 22.6 Å². The predicted molar refractivity (Wildman–Crippen MR) is 145 cm³/mol. The number of ketones is 1. The summed E-state index contributed by atoms with van der Waals surface area (Å²) in [7, 11) is 1.94. The van der Waals surface area contributed by atoms with Gasteiger partial charge in [-0.3, -0.25) is 14.6 Å². The summed E-state index contributed by atoms with van der Waals surface area (Å²) in [5.41, 5.74) is -1.03. The summed E-state index contributed by atoms with van der Waals surface area (Å²) >= 11 is 0. The number of aliphatic hydroxyl groups is 1. The molecule has 39 heavy (non-hydrogen) atoms. The summed E-state index contributed by atoms with van der Waals surface area (Å²) < 4.78 is 30.3. The lowest BCUT2D eigenvalue weighted by Gasteiger charge is -2.47. The third-order valence-electron chi connectivity index (χ3n) is 9.92. The van der Waals surface area contributed by atoms with Crippen molar-refractivity contribution in [3.63, 3.8) is 0 Å². The molecule has 2 bridgehead atoms. The number of likely N-dealkylation sites (tertiary alicyclic amines) is 1. The van der Waals surface area contributed by atoms with Gasteiger partial charge in [0.25, 0.3) is 0 Å². The molecule has 0 aromatic heterocycles. The number of piperidine rings is 1. The Kier molecular flexibility index (Phi) is 4.45. The molecule has 0 saturated carbocycles. The summed E-state index contributed by atoms with van der Waals surface area (Å²) in [6, 6.07) is 24.9. The third kappa shape index (κ3) is 2.43. The first kappa shape index (κ1) is 23.2. The Morgan fingerprint density at radius 2 is 1.59 bits per heavy atom. The highest BCUT2D eigenvalue weighted by molar-refractivity contribution is 6.09. The molecule has 0 amide bonds. The van der Waals surface area contributed by atoms with Crippen LogP contribution in [0.15, 0.2) is 90.5 Å². The fraction of sp³-hybridized carbons (Fsp3) is 0.242. The van der Waals surface area contributed by atoms with Crippen LogP contribution in [0.2, 0.25) is 0 Å². The molecule has 1 N–H and O–H groups in total. The lowest BCUT2D eigenvalue weighted by atomic mass is 9.57. The number of benzene rings is 4. The number of fused-ring (bicyclic) bond motifs is 3. The highest BCUT2D eigenvalue weighted by Crippen LogP contribution is 2.76. The van der Waals surface area contributed by atoms with Crippen molar-refractivity contribution in [1.82, 2.24) is 9.80 Å². The molecule has 194 valence electrons. The third-order valence-corrected chi connectivity index (χ3v) is 9.92. The summed E-state index contributed by atoms with van der Waals surface area (Å²) in [5, 5.41) is 15.0. The molecule has 2 spiro atoms. The zero-order chi connectivity index (χ0) is 26.7. The summed E-state index contributed by atoms with van der Waals surface area (Å²) in [5.74, 6) is -1.46. The van der Waals surface area contributed by atoms with E-state index in [2.05, 4.69) is 4.90 Å². The molecular weight excluding hydrogens is 494 g/mol. The second-order valence-corrected chi connectivity index (χ2v) is 11.4. The van der Waals surface area contributed by atoms with Gasteiger partial charge in [0.05, 0.1) is 5.41 Å². The van der Waals surface area contributed by atoms with Crippen LogP contribution in [0.5, 0.6) is 0 Å². The molecule has 3 aliphatic heterocycles. The fourth-order valence-corrected chi connectivity index (χ4v) is 8.68. The maximum atomic E-state index is 15.5. The zero-order valence-electron chi connectivity index (χ0n) is 21.4. The van der Waals surface area contributed by atoms with Crippen LogP contribution in [-0.2, 0) is 16.1 Å². The van der Waals surface area contributed by atoms with Gasteiger partial charge in [0, 0.05) is 42.3 Å². The molecule has 4 aliphatic rings. The van der Waals surface area contributed by atoms with E-state index in [1.165, 1.54) is 12.1 Å². The van der Waals surface area contributed by atoms with Gasteiger partial charge < -0.3 is 5.11 Å². The molecule has 5 atom stereocenters. The van der Waals surface area contributed by atoms with Gasteiger partial charge >= 0.3 is 0 Å². The molecule has 4 nitrogen and oxygen atoms in total. The van der Waals surface area contributed by atoms with Crippen LogP contribution in [0.25, 0.3) is 16.8 Å². The van der Waals surface area contributed by atoms with E-state index >= 15 is 9.18 Å². The molecule has 3 fully saturated rings. The van der Waals surface area contributed by atoms with E-state index in [1.807, 2.05) is 48.3 Å². The van der Waals surface area contributed by atoms with Gasteiger partial charge in [-0.25, -0.2) is 8.78 Å². The fourth-order valence-electron chi connectivity index (χ4n) is 8.68. The molecule has 3 saturated heterocycles. The number of carbonyl (C=O) groups is 1. The number of nitrogens with zero attached hydrogens (tertiary/aromatic N) is 2. The van der Waals surface area contributed by atoms with Crippen LogP contribution < -0.4 is 0 Å². The minimum absolute atomic E-state index is 0.152. The molecule has 1 unspecified atom stereocenters. The average Bonchev–Trinajstić information content (AvgIpc) is 3.42. The van der Waals surface area contributed by atoms with Crippen LogP contribution in [0, 0.1) is 17.0 Å². The Bertz CT molecular complexity index is 1760. The van der Waals surface area contributed by atoms with E-state index in [0.29, 0.717) is 23.2 Å². The molecule has 6 heteroatoms. The monoisotopic (exact) mass is 520 g/mol. The van der Waals surface area contributed by atoms with Gasteiger partial charge in [-0.2, -0.15) is 0 Å². The van der Waals surface area contributed by atoms with E-state index < -0.39 is 28.4 Å². The van der Waals surface area contributed by atoms with Crippen LogP contribution in [-0.4, -0.2) is 47.4 Å². The van der Waals surface area contributed by atoms with Gasteiger partial charge in [0.1, 0.15) is 17.2 Å². The first-order valence-electron chi connectivity index (χ1n) is 13.3. The molecule has 1 aliphatic carbocycles. The molecule has 0 radical (unpaired) electrons. The Labute approximate surface area is 224 Å². The van der Waals surface area contributed by atoms with Crippen molar-refractivity contribution in [1.29, 1.82) is 0 Å². The normalized spacial score (nSPS) is 33.6. The number of Topliss-reactive ketones (excluding diaryl/α,β-unsaturated/α-hetero) is 1. The summed E-state index contributed by atoms with van der Waals surface area (Å²) in [4.78, 5) is 19.1. The van der Waals surface area contributed by atoms with E-state index in [0.717, 1.165) is 21.9 Å². The summed E-state index contributed by atoms with van der Waals surface area (Å²) in [6.45, 7) is 0.820. The van der Waals surface area contributed by atoms with E-state index in [4.69, 9.17) is 0 Å². The molecule has 3 heterocycles. The van der Waals surface area contributed by atoms with Crippen LogP contribution >= 0.6 is 0 Å². The predicted octanol–water partition coefficient (Wildman–Crippen LogP) is 5.17. The number of halogens is 2. The van der Waals surface area contributed by atoms with Gasteiger partial charge in [0.2, 0.25) is 0 Å². The Morgan fingerprint density at radius 3 is 2.33 bits per heavy atom. The topological polar surface area (TPSA) is 43.8 Å². The van der Waals surface area contributed by atoms with Crippen molar-refractivity contribution in [2.24, 2.45) is 5.41 Å². The largest absolute Gasteiger partial charge is 0.369 e. The minimum atomic E-state index is -1.54. The molecular formula is C33H26F2N2O2.